The van der Waals surface area contributed by atoms with Crippen molar-refractivity contribution in [3.8, 4) is 11.9 Å². The zero-order chi connectivity index (χ0) is 15.1. The van der Waals surface area contributed by atoms with Gasteiger partial charge in [0, 0.05) is 19.2 Å². The van der Waals surface area contributed by atoms with Gasteiger partial charge in [-0.05, 0) is 32.3 Å². The van der Waals surface area contributed by atoms with Crippen LogP contribution < -0.4 is 5.56 Å². The van der Waals surface area contributed by atoms with Gasteiger partial charge in [-0.2, -0.15) is 5.26 Å². The highest BCUT2D eigenvalue weighted by Gasteiger charge is 2.13. The van der Waals surface area contributed by atoms with Gasteiger partial charge in [0.1, 0.15) is 11.6 Å². The van der Waals surface area contributed by atoms with Gasteiger partial charge in [-0.1, -0.05) is 13.3 Å². The van der Waals surface area contributed by atoms with Crippen molar-refractivity contribution in [1.29, 1.82) is 5.26 Å². The molecule has 0 amide bonds. The van der Waals surface area contributed by atoms with Crippen LogP contribution in [0.5, 0.6) is 5.88 Å². The van der Waals surface area contributed by atoms with Gasteiger partial charge >= 0.3 is 0 Å². The lowest BCUT2D eigenvalue weighted by atomic mass is 10.1. The molecule has 0 aliphatic carbocycles. The second kappa shape index (κ2) is 7.71. The first-order valence-corrected chi connectivity index (χ1v) is 6.96. The van der Waals surface area contributed by atoms with Crippen LogP contribution in [0.25, 0.3) is 0 Å². The van der Waals surface area contributed by atoms with Gasteiger partial charge < -0.3 is 9.84 Å². The van der Waals surface area contributed by atoms with Crippen LogP contribution in [0.1, 0.15) is 44.2 Å². The monoisotopic (exact) mass is 278 g/mol. The lowest BCUT2D eigenvalue weighted by molar-refractivity contribution is 0.0548. The van der Waals surface area contributed by atoms with Gasteiger partial charge in [0.2, 0.25) is 5.88 Å². The molecule has 1 atom stereocenters. The first-order valence-electron chi connectivity index (χ1n) is 6.96. The van der Waals surface area contributed by atoms with Crippen molar-refractivity contribution in [2.45, 2.75) is 52.7 Å². The number of aromatic hydroxyl groups is 1. The molecule has 20 heavy (non-hydrogen) atoms. The van der Waals surface area contributed by atoms with Crippen LogP contribution in [-0.4, -0.2) is 22.4 Å². The predicted molar refractivity (Wildman–Crippen MR) is 76.8 cm³/mol. The molecule has 0 radical (unpaired) electrons. The van der Waals surface area contributed by atoms with E-state index in [1.165, 1.54) is 10.6 Å². The van der Waals surface area contributed by atoms with E-state index in [0.717, 1.165) is 12.8 Å². The number of nitrogens with zero attached hydrogens (tertiary/aromatic N) is 2. The van der Waals surface area contributed by atoms with Gasteiger partial charge in [-0.15, -0.1) is 0 Å². The molecule has 5 heteroatoms. The van der Waals surface area contributed by atoms with E-state index in [4.69, 9.17) is 10.00 Å². The van der Waals surface area contributed by atoms with Gasteiger partial charge in [0.25, 0.3) is 5.56 Å². The summed E-state index contributed by atoms with van der Waals surface area (Å²) in [6.45, 7) is 6.72. The van der Waals surface area contributed by atoms with Crippen LogP contribution in [0.3, 0.4) is 0 Å². The summed E-state index contributed by atoms with van der Waals surface area (Å²) in [6.07, 6.45) is 2.72. The third kappa shape index (κ3) is 4.10. The van der Waals surface area contributed by atoms with Gasteiger partial charge in [0.05, 0.1) is 6.10 Å². The lowest BCUT2D eigenvalue weighted by Crippen LogP contribution is -2.23. The molecule has 0 spiro atoms. The quantitative estimate of drug-likeness (QED) is 0.777. The van der Waals surface area contributed by atoms with E-state index in [9.17, 15) is 9.90 Å². The van der Waals surface area contributed by atoms with Crippen molar-refractivity contribution in [2.24, 2.45) is 0 Å². The Hall–Kier alpha value is -1.80. The molecular weight excluding hydrogens is 256 g/mol. The number of pyridine rings is 1. The molecule has 0 aromatic carbocycles. The molecule has 0 aliphatic rings. The Morgan fingerprint density at radius 1 is 1.55 bits per heavy atom. The van der Waals surface area contributed by atoms with Crippen LogP contribution in [0, 0.1) is 18.3 Å². The number of rotatable bonds is 7. The molecule has 0 bridgehead atoms. The van der Waals surface area contributed by atoms with Crippen LogP contribution in [0.15, 0.2) is 10.9 Å². The fraction of sp³-hybridized carbons (Fsp3) is 0.600. The fourth-order valence-electron chi connectivity index (χ4n) is 1.93. The predicted octanol–water partition coefficient (Wildman–Crippen LogP) is 2.33. The van der Waals surface area contributed by atoms with Crippen molar-refractivity contribution in [1.82, 2.24) is 4.57 Å². The van der Waals surface area contributed by atoms with Gasteiger partial charge in [0.15, 0.2) is 0 Å². The molecule has 0 saturated carbocycles. The smallest absolute Gasteiger partial charge is 0.253 e. The molecule has 0 saturated heterocycles. The molecule has 110 valence electrons. The van der Waals surface area contributed by atoms with E-state index in [-0.39, 0.29) is 23.1 Å². The van der Waals surface area contributed by atoms with Gasteiger partial charge in [-0.25, -0.2) is 0 Å². The minimum Gasteiger partial charge on any atom is -0.493 e. The summed E-state index contributed by atoms with van der Waals surface area (Å²) >= 11 is 0. The maximum atomic E-state index is 11.9. The second-order valence-electron chi connectivity index (χ2n) is 4.95. The van der Waals surface area contributed by atoms with E-state index in [2.05, 4.69) is 6.92 Å². The summed E-state index contributed by atoms with van der Waals surface area (Å²) < 4.78 is 6.83. The number of nitriles is 1. The van der Waals surface area contributed by atoms with Crippen molar-refractivity contribution in [3.05, 3.63) is 27.5 Å². The van der Waals surface area contributed by atoms with Crippen LogP contribution in [0.2, 0.25) is 0 Å². The Morgan fingerprint density at radius 3 is 2.85 bits per heavy atom. The highest BCUT2D eigenvalue weighted by atomic mass is 16.5. The Morgan fingerprint density at radius 2 is 2.25 bits per heavy atom. The molecule has 1 aromatic heterocycles. The maximum absolute atomic E-state index is 11.9. The number of hydrogen-bond donors (Lipinski definition) is 1. The third-order valence-corrected chi connectivity index (χ3v) is 3.25. The number of unbranched alkanes of at least 4 members (excludes halogenated alkanes) is 1. The highest BCUT2D eigenvalue weighted by molar-refractivity contribution is 5.43. The van der Waals surface area contributed by atoms with Crippen LogP contribution >= 0.6 is 0 Å². The first kappa shape index (κ1) is 16.3. The molecule has 0 fully saturated rings. The molecule has 1 unspecified atom stereocenters. The largest absolute Gasteiger partial charge is 0.493 e. The van der Waals surface area contributed by atoms with Crippen molar-refractivity contribution in [2.75, 3.05) is 6.61 Å². The molecular formula is C15H22N2O3. The molecule has 0 aliphatic heterocycles. The van der Waals surface area contributed by atoms with Crippen molar-refractivity contribution < 1.29 is 9.84 Å². The van der Waals surface area contributed by atoms with E-state index < -0.39 is 0 Å². The lowest BCUT2D eigenvalue weighted by Gasteiger charge is -2.15. The van der Waals surface area contributed by atoms with Crippen molar-refractivity contribution in [3.63, 3.8) is 0 Å². The first-order chi connectivity index (χ1) is 9.51. The summed E-state index contributed by atoms with van der Waals surface area (Å²) in [5.74, 6) is -0.252. The van der Waals surface area contributed by atoms with Crippen LogP contribution in [-0.2, 0) is 11.3 Å². The summed E-state index contributed by atoms with van der Waals surface area (Å²) in [7, 11) is 0. The summed E-state index contributed by atoms with van der Waals surface area (Å²) in [5.41, 5.74) is 0.363. The number of hydrogen-bond acceptors (Lipinski definition) is 4. The number of ether oxygens (including phenoxy) is 1. The van der Waals surface area contributed by atoms with Crippen LogP contribution in [0.4, 0.5) is 0 Å². The average Bonchev–Trinajstić information content (AvgIpc) is 2.38. The topological polar surface area (TPSA) is 75.2 Å². The Bertz CT molecular complexity index is 543. The Labute approximate surface area is 119 Å². The minimum atomic E-state index is -0.292. The molecule has 1 heterocycles. The fourth-order valence-corrected chi connectivity index (χ4v) is 1.93. The average molecular weight is 278 g/mol. The summed E-state index contributed by atoms with van der Waals surface area (Å²) in [5, 5.41) is 19.0. The molecule has 1 aromatic rings. The second-order valence-corrected chi connectivity index (χ2v) is 4.95. The van der Waals surface area contributed by atoms with Gasteiger partial charge in [-0.3, -0.25) is 9.36 Å². The zero-order valence-electron chi connectivity index (χ0n) is 12.3. The number of aromatic nitrogens is 1. The highest BCUT2D eigenvalue weighted by Crippen LogP contribution is 2.18. The minimum absolute atomic E-state index is 0.0136. The Kier molecular flexibility index (Phi) is 6.26. The standard InChI is InChI=1S/C15H22N2O3/c1-4-5-8-20-12(3)6-7-17-14(18)9-11(2)13(10-16)15(17)19/h9,12,19H,4-8H2,1-3H3. The van der Waals surface area contributed by atoms with E-state index >= 15 is 0 Å². The zero-order valence-corrected chi connectivity index (χ0v) is 12.3. The van der Waals surface area contributed by atoms with E-state index in [1.54, 1.807) is 6.92 Å². The Balaban J connectivity index is 2.74. The summed E-state index contributed by atoms with van der Waals surface area (Å²) in [4.78, 5) is 11.9. The van der Waals surface area contributed by atoms with E-state index in [1.807, 2.05) is 13.0 Å². The van der Waals surface area contributed by atoms with E-state index in [0.29, 0.717) is 25.1 Å². The SMILES string of the molecule is CCCCOC(C)CCn1c(O)c(C#N)c(C)cc1=O. The normalized spacial score (nSPS) is 12.1. The summed E-state index contributed by atoms with van der Waals surface area (Å²) in [6, 6.07) is 3.30. The molecule has 5 nitrogen and oxygen atoms in total. The molecule has 1 N–H and O–H groups in total. The maximum Gasteiger partial charge on any atom is 0.253 e. The van der Waals surface area contributed by atoms with Crippen molar-refractivity contribution >= 4 is 0 Å². The third-order valence-electron chi connectivity index (χ3n) is 3.25. The molecule has 1 rings (SSSR count). The number of aryl methyl sites for hydroxylation is 1.